The molecule has 0 heterocycles. The summed E-state index contributed by atoms with van der Waals surface area (Å²) in [5, 5.41) is 4.64. The van der Waals surface area contributed by atoms with E-state index in [-0.39, 0.29) is 36.7 Å². The molecule has 0 bridgehead atoms. The molecule has 0 spiro atoms. The van der Waals surface area contributed by atoms with Crippen molar-refractivity contribution in [1.29, 1.82) is 0 Å². The molecule has 8 heteroatoms. The van der Waals surface area contributed by atoms with Crippen molar-refractivity contribution >= 4 is 35.6 Å². The van der Waals surface area contributed by atoms with Crippen LogP contribution >= 0.6 is 12.4 Å². The van der Waals surface area contributed by atoms with Crippen LogP contribution in [0.1, 0.15) is 13.3 Å². The first-order valence-corrected chi connectivity index (χ1v) is 5.20. The maximum absolute atomic E-state index is 13.1. The molecule has 0 saturated carbocycles. The summed E-state index contributed by atoms with van der Waals surface area (Å²) < 4.78 is 26.1. The molecular formula is C11H14ClF2N3O2. The molecule has 0 aliphatic rings. The normalized spacial score (nSPS) is 9.47. The lowest BCUT2D eigenvalue weighted by atomic mass is 10.2. The predicted octanol–water partition coefficient (Wildman–Crippen LogP) is 1.63. The van der Waals surface area contributed by atoms with Crippen LogP contribution in [0.2, 0.25) is 0 Å². The Hall–Kier alpha value is -1.73. The van der Waals surface area contributed by atoms with E-state index in [4.69, 9.17) is 5.73 Å². The number of rotatable bonds is 4. The SMILES string of the molecule is CC(=O)Nc1cc(F)c(F)cc1NC(=O)CCN.Cl. The summed E-state index contributed by atoms with van der Waals surface area (Å²) in [7, 11) is 0. The van der Waals surface area contributed by atoms with Crippen LogP contribution in [0, 0.1) is 11.6 Å². The standard InChI is InChI=1S/C11H13F2N3O2.ClH/c1-6(17)15-9-4-7(12)8(13)5-10(9)16-11(18)2-3-14;/h4-5H,2-3,14H2,1H3,(H,15,17)(H,16,18);1H. The minimum absolute atomic E-state index is 0. The molecule has 2 amide bonds. The van der Waals surface area contributed by atoms with Gasteiger partial charge >= 0.3 is 0 Å². The second kappa shape index (κ2) is 7.65. The van der Waals surface area contributed by atoms with Gasteiger partial charge < -0.3 is 16.4 Å². The van der Waals surface area contributed by atoms with E-state index in [1.165, 1.54) is 6.92 Å². The van der Waals surface area contributed by atoms with Crippen molar-refractivity contribution in [3.8, 4) is 0 Å². The molecule has 1 aromatic carbocycles. The van der Waals surface area contributed by atoms with Crippen LogP contribution in [0.4, 0.5) is 20.2 Å². The summed E-state index contributed by atoms with van der Waals surface area (Å²) in [6.45, 7) is 1.34. The summed E-state index contributed by atoms with van der Waals surface area (Å²) in [6.07, 6.45) is 0.0402. The number of carbonyl (C=O) groups excluding carboxylic acids is 2. The van der Waals surface area contributed by atoms with Crippen molar-refractivity contribution in [3.63, 3.8) is 0 Å². The van der Waals surface area contributed by atoms with E-state index in [0.29, 0.717) is 0 Å². The molecule has 5 nitrogen and oxygen atoms in total. The number of anilines is 2. The number of nitrogens with one attached hydrogen (secondary N) is 2. The molecular weight excluding hydrogens is 280 g/mol. The van der Waals surface area contributed by atoms with E-state index < -0.39 is 23.4 Å². The molecule has 0 aliphatic carbocycles. The molecule has 0 atom stereocenters. The average Bonchev–Trinajstić information content (AvgIpc) is 2.25. The Morgan fingerprint density at radius 1 is 1.16 bits per heavy atom. The van der Waals surface area contributed by atoms with Gasteiger partial charge in [-0.25, -0.2) is 8.78 Å². The number of amides is 2. The summed E-state index contributed by atoms with van der Waals surface area (Å²) in [5.41, 5.74) is 5.17. The molecule has 1 aromatic rings. The van der Waals surface area contributed by atoms with Crippen molar-refractivity contribution in [2.45, 2.75) is 13.3 Å². The van der Waals surface area contributed by atoms with Crippen LogP contribution in [-0.2, 0) is 9.59 Å². The summed E-state index contributed by atoms with van der Waals surface area (Å²) >= 11 is 0. The third kappa shape index (κ3) is 5.19. The molecule has 1 rings (SSSR count). The van der Waals surface area contributed by atoms with Gasteiger partial charge in [0.15, 0.2) is 11.6 Å². The van der Waals surface area contributed by atoms with Gasteiger partial charge in [0.05, 0.1) is 11.4 Å². The Morgan fingerprint density at radius 3 is 2.05 bits per heavy atom. The molecule has 106 valence electrons. The molecule has 0 aromatic heterocycles. The van der Waals surface area contributed by atoms with Gasteiger partial charge in [-0.1, -0.05) is 0 Å². The van der Waals surface area contributed by atoms with Crippen LogP contribution < -0.4 is 16.4 Å². The Morgan fingerprint density at radius 2 is 1.63 bits per heavy atom. The van der Waals surface area contributed by atoms with Crippen molar-refractivity contribution in [1.82, 2.24) is 0 Å². The fourth-order valence-corrected chi connectivity index (χ4v) is 1.29. The first kappa shape index (κ1) is 17.3. The van der Waals surface area contributed by atoms with E-state index >= 15 is 0 Å². The van der Waals surface area contributed by atoms with E-state index in [1.54, 1.807) is 0 Å². The summed E-state index contributed by atoms with van der Waals surface area (Å²) in [6, 6.07) is 1.60. The molecule has 0 saturated heterocycles. The van der Waals surface area contributed by atoms with Crippen LogP contribution in [0.5, 0.6) is 0 Å². The fourth-order valence-electron chi connectivity index (χ4n) is 1.29. The number of benzene rings is 1. The second-order valence-corrected chi connectivity index (χ2v) is 3.58. The van der Waals surface area contributed by atoms with Crippen LogP contribution in [0.25, 0.3) is 0 Å². The van der Waals surface area contributed by atoms with Gasteiger partial charge in [0.25, 0.3) is 0 Å². The van der Waals surface area contributed by atoms with Gasteiger partial charge in [0.2, 0.25) is 11.8 Å². The second-order valence-electron chi connectivity index (χ2n) is 3.58. The number of hydrogen-bond donors (Lipinski definition) is 3. The summed E-state index contributed by atoms with van der Waals surface area (Å²) in [4.78, 5) is 22.2. The fraction of sp³-hybridized carbons (Fsp3) is 0.273. The van der Waals surface area contributed by atoms with E-state index in [2.05, 4.69) is 10.6 Å². The molecule has 0 unspecified atom stereocenters. The van der Waals surface area contributed by atoms with Crippen molar-refractivity contribution < 1.29 is 18.4 Å². The van der Waals surface area contributed by atoms with Gasteiger partial charge in [0, 0.05) is 32.0 Å². The Kier molecular flexibility index (Phi) is 6.95. The van der Waals surface area contributed by atoms with Crippen LogP contribution in [0.15, 0.2) is 12.1 Å². The smallest absolute Gasteiger partial charge is 0.225 e. The highest BCUT2D eigenvalue weighted by molar-refractivity contribution is 5.98. The Labute approximate surface area is 115 Å². The highest BCUT2D eigenvalue weighted by Gasteiger charge is 2.12. The van der Waals surface area contributed by atoms with Gasteiger partial charge in [-0.2, -0.15) is 0 Å². The Balaban J connectivity index is 0.00000324. The van der Waals surface area contributed by atoms with Crippen molar-refractivity contribution in [2.24, 2.45) is 5.73 Å². The highest BCUT2D eigenvalue weighted by atomic mass is 35.5. The van der Waals surface area contributed by atoms with Crippen LogP contribution in [0.3, 0.4) is 0 Å². The molecule has 19 heavy (non-hydrogen) atoms. The third-order valence-electron chi connectivity index (χ3n) is 2.02. The van der Waals surface area contributed by atoms with Gasteiger partial charge in [-0.15, -0.1) is 12.4 Å². The van der Waals surface area contributed by atoms with Gasteiger partial charge in [-0.05, 0) is 0 Å². The average molecular weight is 294 g/mol. The topological polar surface area (TPSA) is 84.2 Å². The lowest BCUT2D eigenvalue weighted by Crippen LogP contribution is -2.18. The van der Waals surface area contributed by atoms with Gasteiger partial charge in [-0.3, -0.25) is 9.59 Å². The third-order valence-corrected chi connectivity index (χ3v) is 2.02. The zero-order chi connectivity index (χ0) is 13.7. The lowest BCUT2D eigenvalue weighted by molar-refractivity contribution is -0.116. The number of carbonyl (C=O) groups is 2. The zero-order valence-corrected chi connectivity index (χ0v) is 10.9. The van der Waals surface area contributed by atoms with Crippen molar-refractivity contribution in [2.75, 3.05) is 17.2 Å². The maximum atomic E-state index is 13.1. The lowest BCUT2D eigenvalue weighted by Gasteiger charge is -2.11. The maximum Gasteiger partial charge on any atom is 0.225 e. The highest BCUT2D eigenvalue weighted by Crippen LogP contribution is 2.25. The Bertz CT molecular complexity index is 483. The number of halogens is 3. The molecule has 0 radical (unpaired) electrons. The molecule has 0 fully saturated rings. The largest absolute Gasteiger partial charge is 0.330 e. The molecule has 4 N–H and O–H groups in total. The minimum Gasteiger partial charge on any atom is -0.330 e. The van der Waals surface area contributed by atoms with Gasteiger partial charge in [0.1, 0.15) is 0 Å². The predicted molar refractivity (Wildman–Crippen MR) is 70.2 cm³/mol. The first-order chi connectivity index (χ1) is 8.43. The van der Waals surface area contributed by atoms with Crippen LogP contribution in [-0.4, -0.2) is 18.4 Å². The van der Waals surface area contributed by atoms with E-state index in [0.717, 1.165) is 12.1 Å². The monoisotopic (exact) mass is 293 g/mol. The summed E-state index contributed by atoms with van der Waals surface area (Å²) in [5.74, 6) is -3.15. The number of hydrogen-bond acceptors (Lipinski definition) is 3. The van der Waals surface area contributed by atoms with E-state index in [1.807, 2.05) is 0 Å². The minimum atomic E-state index is -1.12. The molecule has 0 aliphatic heterocycles. The number of nitrogens with two attached hydrogens (primary N) is 1. The quantitative estimate of drug-likeness (QED) is 0.789. The van der Waals surface area contributed by atoms with E-state index in [9.17, 15) is 18.4 Å². The van der Waals surface area contributed by atoms with Crippen molar-refractivity contribution in [3.05, 3.63) is 23.8 Å². The zero-order valence-electron chi connectivity index (χ0n) is 10.1. The first-order valence-electron chi connectivity index (χ1n) is 5.20.